The van der Waals surface area contributed by atoms with Gasteiger partial charge in [-0.25, -0.2) is 4.79 Å². The molecule has 5 nitrogen and oxygen atoms in total. The van der Waals surface area contributed by atoms with E-state index in [0.717, 1.165) is 16.7 Å². The van der Waals surface area contributed by atoms with Crippen LogP contribution < -0.4 is 9.47 Å². The number of carbonyl (C=O) groups excluding carboxylic acids is 1. The van der Waals surface area contributed by atoms with Crippen molar-refractivity contribution in [3.05, 3.63) is 47.5 Å². The molecule has 0 spiro atoms. The Morgan fingerprint density at radius 3 is 2.52 bits per heavy atom. The van der Waals surface area contributed by atoms with Crippen LogP contribution in [0.2, 0.25) is 0 Å². The van der Waals surface area contributed by atoms with E-state index in [1.807, 2.05) is 30.3 Å². The van der Waals surface area contributed by atoms with Gasteiger partial charge in [0.15, 0.2) is 11.5 Å². The number of methoxy groups -OCH3 is 1. The van der Waals surface area contributed by atoms with Gasteiger partial charge in [0, 0.05) is 12.7 Å². The molecule has 0 amide bonds. The van der Waals surface area contributed by atoms with Crippen LogP contribution in [-0.2, 0) is 16.1 Å². The first-order valence-corrected chi connectivity index (χ1v) is 7.42. The van der Waals surface area contributed by atoms with Gasteiger partial charge in [-0.3, -0.25) is 0 Å². The standard InChI is InChI=1S/C18H18O5/c1-3-21-18(19)15-9-8-14(16-17(15)23-11-22-16)13-6-4-12(5-7-13)10-20-2/h4-9H,3,10-11H2,1-2H3. The topological polar surface area (TPSA) is 54.0 Å². The lowest BCUT2D eigenvalue weighted by Gasteiger charge is -2.10. The number of rotatable bonds is 5. The molecule has 0 fully saturated rings. The quantitative estimate of drug-likeness (QED) is 0.792. The minimum absolute atomic E-state index is 0.0977. The van der Waals surface area contributed by atoms with Gasteiger partial charge in [-0.1, -0.05) is 24.3 Å². The summed E-state index contributed by atoms with van der Waals surface area (Å²) in [6, 6.07) is 11.6. The van der Waals surface area contributed by atoms with E-state index in [4.69, 9.17) is 18.9 Å². The maximum atomic E-state index is 12.0. The molecule has 0 N–H and O–H groups in total. The summed E-state index contributed by atoms with van der Waals surface area (Å²) in [5, 5.41) is 0. The molecule has 1 heterocycles. The third kappa shape index (κ3) is 3.00. The van der Waals surface area contributed by atoms with Crippen LogP contribution in [0.15, 0.2) is 36.4 Å². The number of carbonyl (C=O) groups is 1. The summed E-state index contributed by atoms with van der Waals surface area (Å²) < 4.78 is 21.2. The summed E-state index contributed by atoms with van der Waals surface area (Å²) >= 11 is 0. The van der Waals surface area contributed by atoms with E-state index in [9.17, 15) is 4.79 Å². The molecule has 0 bridgehead atoms. The maximum absolute atomic E-state index is 12.0. The van der Waals surface area contributed by atoms with Crippen LogP contribution in [0.3, 0.4) is 0 Å². The number of benzene rings is 2. The molecule has 2 aromatic rings. The van der Waals surface area contributed by atoms with E-state index in [2.05, 4.69) is 0 Å². The molecule has 0 aliphatic carbocycles. The van der Waals surface area contributed by atoms with E-state index in [1.54, 1.807) is 20.1 Å². The minimum Gasteiger partial charge on any atom is -0.462 e. The maximum Gasteiger partial charge on any atom is 0.342 e. The molecule has 5 heteroatoms. The van der Waals surface area contributed by atoms with Crippen molar-refractivity contribution in [2.75, 3.05) is 20.5 Å². The fourth-order valence-electron chi connectivity index (χ4n) is 2.54. The fraction of sp³-hybridized carbons (Fsp3) is 0.278. The predicted molar refractivity (Wildman–Crippen MR) is 84.7 cm³/mol. The second-order valence-corrected chi connectivity index (χ2v) is 5.08. The third-order valence-corrected chi connectivity index (χ3v) is 3.59. The second kappa shape index (κ2) is 6.71. The first-order valence-electron chi connectivity index (χ1n) is 7.42. The van der Waals surface area contributed by atoms with Crippen molar-refractivity contribution in [1.82, 2.24) is 0 Å². The molecule has 23 heavy (non-hydrogen) atoms. The van der Waals surface area contributed by atoms with Crippen molar-refractivity contribution in [2.24, 2.45) is 0 Å². The average molecular weight is 314 g/mol. The van der Waals surface area contributed by atoms with Gasteiger partial charge in [-0.2, -0.15) is 0 Å². The van der Waals surface area contributed by atoms with Crippen molar-refractivity contribution in [2.45, 2.75) is 13.5 Å². The molecule has 0 saturated carbocycles. The highest BCUT2D eigenvalue weighted by Crippen LogP contribution is 2.44. The smallest absolute Gasteiger partial charge is 0.342 e. The summed E-state index contributed by atoms with van der Waals surface area (Å²) in [6.45, 7) is 2.75. The van der Waals surface area contributed by atoms with Crippen LogP contribution in [0.25, 0.3) is 11.1 Å². The van der Waals surface area contributed by atoms with Gasteiger partial charge in [-0.05, 0) is 30.2 Å². The Kier molecular flexibility index (Phi) is 4.48. The SMILES string of the molecule is CCOC(=O)c1ccc(-c2ccc(COC)cc2)c2c1OCO2. The van der Waals surface area contributed by atoms with Crippen molar-refractivity contribution in [3.63, 3.8) is 0 Å². The Labute approximate surface area is 134 Å². The van der Waals surface area contributed by atoms with Crippen LogP contribution in [0.4, 0.5) is 0 Å². The number of esters is 1. The molecule has 0 radical (unpaired) electrons. The van der Waals surface area contributed by atoms with Gasteiger partial charge in [0.2, 0.25) is 6.79 Å². The normalized spacial score (nSPS) is 12.3. The molecule has 3 rings (SSSR count). The van der Waals surface area contributed by atoms with E-state index >= 15 is 0 Å². The highest BCUT2D eigenvalue weighted by molar-refractivity contribution is 5.95. The van der Waals surface area contributed by atoms with Gasteiger partial charge in [0.25, 0.3) is 0 Å². The van der Waals surface area contributed by atoms with Gasteiger partial charge in [0.1, 0.15) is 5.56 Å². The van der Waals surface area contributed by atoms with Gasteiger partial charge in [0.05, 0.1) is 13.2 Å². The molecule has 120 valence electrons. The molecule has 0 unspecified atom stereocenters. The van der Waals surface area contributed by atoms with E-state index in [0.29, 0.717) is 30.3 Å². The lowest BCUT2D eigenvalue weighted by Crippen LogP contribution is -2.06. The number of fused-ring (bicyclic) bond motifs is 1. The number of hydrogen-bond donors (Lipinski definition) is 0. The second-order valence-electron chi connectivity index (χ2n) is 5.08. The zero-order valence-corrected chi connectivity index (χ0v) is 13.1. The lowest BCUT2D eigenvalue weighted by molar-refractivity contribution is 0.0522. The largest absolute Gasteiger partial charge is 0.462 e. The number of hydrogen-bond acceptors (Lipinski definition) is 5. The first kappa shape index (κ1) is 15.4. The zero-order chi connectivity index (χ0) is 16.2. The summed E-state index contributed by atoms with van der Waals surface area (Å²) in [5.74, 6) is 0.619. The predicted octanol–water partition coefficient (Wildman–Crippen LogP) is 3.41. The van der Waals surface area contributed by atoms with E-state index in [-0.39, 0.29) is 6.79 Å². The zero-order valence-electron chi connectivity index (χ0n) is 13.1. The Hall–Kier alpha value is -2.53. The van der Waals surface area contributed by atoms with Gasteiger partial charge < -0.3 is 18.9 Å². The van der Waals surface area contributed by atoms with Crippen molar-refractivity contribution in [1.29, 1.82) is 0 Å². The molecule has 2 aromatic carbocycles. The van der Waals surface area contributed by atoms with Gasteiger partial charge in [-0.15, -0.1) is 0 Å². The summed E-state index contributed by atoms with van der Waals surface area (Å²) in [4.78, 5) is 12.0. The number of ether oxygens (including phenoxy) is 4. The Bertz CT molecular complexity index is 706. The van der Waals surface area contributed by atoms with Crippen molar-refractivity contribution >= 4 is 5.97 Å². The van der Waals surface area contributed by atoms with E-state index < -0.39 is 5.97 Å². The van der Waals surface area contributed by atoms with Crippen molar-refractivity contribution < 1.29 is 23.7 Å². The van der Waals surface area contributed by atoms with Crippen LogP contribution in [0, 0.1) is 0 Å². The van der Waals surface area contributed by atoms with Crippen LogP contribution >= 0.6 is 0 Å². The van der Waals surface area contributed by atoms with Crippen LogP contribution in [-0.4, -0.2) is 26.5 Å². The highest BCUT2D eigenvalue weighted by Gasteiger charge is 2.26. The van der Waals surface area contributed by atoms with Crippen LogP contribution in [0.1, 0.15) is 22.8 Å². The molecule has 1 aliphatic heterocycles. The Balaban J connectivity index is 1.98. The lowest BCUT2D eigenvalue weighted by atomic mass is 10.0. The molecule has 0 atom stereocenters. The summed E-state index contributed by atoms with van der Waals surface area (Å²) in [7, 11) is 1.67. The monoisotopic (exact) mass is 314 g/mol. The van der Waals surface area contributed by atoms with E-state index in [1.165, 1.54) is 0 Å². The average Bonchev–Trinajstić information content (AvgIpc) is 3.05. The summed E-state index contributed by atoms with van der Waals surface area (Å²) in [6.07, 6.45) is 0. The molecule has 1 aliphatic rings. The van der Waals surface area contributed by atoms with Crippen LogP contribution in [0.5, 0.6) is 11.5 Å². The van der Waals surface area contributed by atoms with Gasteiger partial charge >= 0.3 is 5.97 Å². The highest BCUT2D eigenvalue weighted by atomic mass is 16.7. The molecular weight excluding hydrogens is 296 g/mol. The molecule has 0 aromatic heterocycles. The molecule has 0 saturated heterocycles. The van der Waals surface area contributed by atoms with Crippen molar-refractivity contribution in [3.8, 4) is 22.6 Å². The first-order chi connectivity index (χ1) is 11.2. The Morgan fingerprint density at radius 2 is 1.83 bits per heavy atom. The Morgan fingerprint density at radius 1 is 1.09 bits per heavy atom. The molecular formula is C18H18O5. The summed E-state index contributed by atoms with van der Waals surface area (Å²) in [5.41, 5.74) is 3.35. The third-order valence-electron chi connectivity index (χ3n) is 3.59. The minimum atomic E-state index is -0.406. The fourth-order valence-corrected chi connectivity index (χ4v) is 2.54.